The van der Waals surface area contributed by atoms with Gasteiger partial charge in [-0.3, -0.25) is 9.59 Å². The summed E-state index contributed by atoms with van der Waals surface area (Å²) in [5, 5.41) is 5.09. The topological polar surface area (TPSA) is 96.9 Å². The normalized spacial score (nSPS) is 15.7. The van der Waals surface area contributed by atoms with E-state index >= 15 is 0 Å². The zero-order valence-electron chi connectivity index (χ0n) is 12.5. The van der Waals surface area contributed by atoms with Crippen LogP contribution in [0.3, 0.4) is 0 Å². The lowest BCUT2D eigenvalue weighted by atomic mass is 10.1. The van der Waals surface area contributed by atoms with Gasteiger partial charge in [0.2, 0.25) is 11.8 Å². The van der Waals surface area contributed by atoms with Crippen molar-refractivity contribution in [3.8, 4) is 0 Å². The number of thiocarbonyl (C=S) groups is 1. The van der Waals surface area contributed by atoms with Crippen LogP contribution in [0.5, 0.6) is 0 Å². The highest BCUT2D eigenvalue weighted by atomic mass is 32.1. The third-order valence-corrected chi connectivity index (χ3v) is 4.38. The van der Waals surface area contributed by atoms with E-state index in [1.165, 1.54) is 17.6 Å². The molecule has 0 radical (unpaired) electrons. The van der Waals surface area contributed by atoms with Crippen LogP contribution in [0.15, 0.2) is 11.1 Å². The molecule has 0 spiro atoms. The summed E-state index contributed by atoms with van der Waals surface area (Å²) in [6.45, 7) is 3.93. The molecule has 23 heavy (non-hydrogen) atoms. The average Bonchev–Trinajstić information content (AvgIpc) is 2.90. The fraction of sp³-hybridized carbons (Fsp3) is 0.357. The van der Waals surface area contributed by atoms with Gasteiger partial charge in [-0.25, -0.2) is 9.79 Å². The van der Waals surface area contributed by atoms with Gasteiger partial charge in [-0.15, -0.1) is 11.3 Å². The Bertz CT molecular complexity index is 676. The first kappa shape index (κ1) is 17.2. The molecule has 0 bridgehead atoms. The Labute approximate surface area is 142 Å². The van der Waals surface area contributed by atoms with Crippen LogP contribution in [-0.2, 0) is 20.7 Å². The van der Waals surface area contributed by atoms with Crippen molar-refractivity contribution in [2.75, 3.05) is 6.61 Å². The predicted molar refractivity (Wildman–Crippen MR) is 90.2 cm³/mol. The van der Waals surface area contributed by atoms with E-state index in [2.05, 4.69) is 15.6 Å². The third-order valence-electron chi connectivity index (χ3n) is 2.99. The number of amides is 2. The minimum atomic E-state index is -1.09. The molecule has 0 atom stereocenters. The molecule has 2 N–H and O–H groups in total. The minimum Gasteiger partial charge on any atom is -0.462 e. The molecule has 0 aromatic carbocycles. The molecule has 1 aliphatic rings. The molecule has 9 heteroatoms. The summed E-state index contributed by atoms with van der Waals surface area (Å²) in [4.78, 5) is 40.6. The van der Waals surface area contributed by atoms with Gasteiger partial charge < -0.3 is 15.4 Å². The van der Waals surface area contributed by atoms with Gasteiger partial charge in [0.15, 0.2) is 11.0 Å². The highest BCUT2D eigenvalue weighted by molar-refractivity contribution is 7.80. The van der Waals surface area contributed by atoms with E-state index in [1.54, 1.807) is 13.0 Å². The molecule has 1 aromatic heterocycles. The van der Waals surface area contributed by atoms with E-state index in [0.29, 0.717) is 10.6 Å². The molecule has 7 nitrogen and oxygen atoms in total. The monoisotopic (exact) mass is 353 g/mol. The maximum atomic E-state index is 12.0. The van der Waals surface area contributed by atoms with Crippen LogP contribution in [0.4, 0.5) is 5.00 Å². The van der Waals surface area contributed by atoms with Gasteiger partial charge in [-0.1, -0.05) is 6.92 Å². The van der Waals surface area contributed by atoms with Crippen LogP contribution in [0.1, 0.15) is 29.1 Å². The van der Waals surface area contributed by atoms with Crippen molar-refractivity contribution in [1.29, 1.82) is 0 Å². The second-order valence-electron chi connectivity index (χ2n) is 4.57. The Morgan fingerprint density at radius 1 is 1.39 bits per heavy atom. The Balaban J connectivity index is 2.26. The molecule has 122 valence electrons. The molecule has 1 saturated heterocycles. The summed E-state index contributed by atoms with van der Waals surface area (Å²) in [5.41, 5.74) is 0.331. The van der Waals surface area contributed by atoms with E-state index in [4.69, 9.17) is 17.0 Å². The Kier molecular flexibility index (Phi) is 5.56. The van der Waals surface area contributed by atoms with Crippen molar-refractivity contribution in [3.05, 3.63) is 16.5 Å². The molecule has 2 amide bonds. The number of rotatable bonds is 5. The van der Waals surface area contributed by atoms with Gasteiger partial charge >= 0.3 is 5.97 Å². The summed E-state index contributed by atoms with van der Waals surface area (Å²) in [6.07, 6.45) is 1.95. The van der Waals surface area contributed by atoms with Gasteiger partial charge in [-0.2, -0.15) is 0 Å². The lowest BCUT2D eigenvalue weighted by Gasteiger charge is -2.19. The number of aryl methyl sites for hydroxylation is 1. The molecular formula is C14H15N3O4S2. The van der Waals surface area contributed by atoms with Gasteiger partial charge in [0.25, 0.3) is 0 Å². The summed E-state index contributed by atoms with van der Waals surface area (Å²) in [6, 6.07) is 1.71. The van der Waals surface area contributed by atoms with E-state index in [9.17, 15) is 14.4 Å². The second kappa shape index (κ2) is 7.42. The van der Waals surface area contributed by atoms with E-state index < -0.39 is 23.7 Å². The summed E-state index contributed by atoms with van der Waals surface area (Å²) >= 11 is 6.04. The number of hydrogen-bond acceptors (Lipinski definition) is 7. The summed E-state index contributed by atoms with van der Waals surface area (Å²) < 4.78 is 4.99. The molecule has 1 aliphatic heterocycles. The zero-order valence-corrected chi connectivity index (χ0v) is 14.2. The van der Waals surface area contributed by atoms with Crippen molar-refractivity contribution < 1.29 is 19.1 Å². The summed E-state index contributed by atoms with van der Waals surface area (Å²) in [5.74, 6) is -2.67. The number of carbonyl (C=O) groups is 3. The molecule has 1 fully saturated rings. The highest BCUT2D eigenvalue weighted by Gasteiger charge is 2.31. The largest absolute Gasteiger partial charge is 0.462 e. The van der Waals surface area contributed by atoms with Crippen LogP contribution in [0.25, 0.3) is 0 Å². The first-order valence-corrected chi connectivity index (χ1v) is 8.18. The standard InChI is InChI=1S/C14H15N3O4S2/c1-3-7-5-8(13(20)21-4-2)12(23-7)15-6-9-10(18)16-14(22)17-11(9)19/h5-6,9H,3-4H2,1-2H3,(H2,16,17,18,19,22)/b15-6+. The number of esters is 1. The molecular weight excluding hydrogens is 338 g/mol. The van der Waals surface area contributed by atoms with Gasteiger partial charge in [0, 0.05) is 11.1 Å². The SMILES string of the molecule is CCOC(=O)c1cc(CC)sc1/N=C/C1C(=O)NC(=S)NC1=O. The van der Waals surface area contributed by atoms with Crippen LogP contribution >= 0.6 is 23.6 Å². The summed E-state index contributed by atoms with van der Waals surface area (Å²) in [7, 11) is 0. The van der Waals surface area contributed by atoms with Crippen molar-refractivity contribution in [3.63, 3.8) is 0 Å². The van der Waals surface area contributed by atoms with Crippen LogP contribution in [0.2, 0.25) is 0 Å². The number of aliphatic imine (C=N–C) groups is 1. The first-order valence-electron chi connectivity index (χ1n) is 6.96. The number of carbonyl (C=O) groups excluding carboxylic acids is 3. The molecule has 2 heterocycles. The molecule has 1 aromatic rings. The number of thiophene rings is 1. The van der Waals surface area contributed by atoms with Gasteiger partial charge in [0.05, 0.1) is 12.2 Å². The molecule has 2 rings (SSSR count). The number of nitrogens with zero attached hydrogens (tertiary/aromatic N) is 1. The maximum Gasteiger partial charge on any atom is 0.341 e. The van der Waals surface area contributed by atoms with E-state index in [0.717, 1.165) is 11.3 Å². The van der Waals surface area contributed by atoms with Gasteiger partial charge in [-0.05, 0) is 31.6 Å². The van der Waals surface area contributed by atoms with Crippen LogP contribution < -0.4 is 10.6 Å². The Hall–Kier alpha value is -2.13. The predicted octanol–water partition coefficient (Wildman–Crippen LogP) is 1.34. The lowest BCUT2D eigenvalue weighted by molar-refractivity contribution is -0.131. The number of nitrogens with one attached hydrogen (secondary N) is 2. The average molecular weight is 353 g/mol. The smallest absolute Gasteiger partial charge is 0.341 e. The molecule has 0 aliphatic carbocycles. The number of ether oxygens (including phenoxy) is 1. The minimum absolute atomic E-state index is 0.0266. The Morgan fingerprint density at radius 2 is 2.04 bits per heavy atom. The maximum absolute atomic E-state index is 12.0. The molecule has 0 unspecified atom stereocenters. The lowest BCUT2D eigenvalue weighted by Crippen LogP contribution is -2.56. The first-order chi connectivity index (χ1) is 11.0. The van der Waals surface area contributed by atoms with Crippen molar-refractivity contribution in [2.45, 2.75) is 20.3 Å². The number of hydrogen-bond donors (Lipinski definition) is 2. The quantitative estimate of drug-likeness (QED) is 0.360. The van der Waals surface area contributed by atoms with Crippen molar-refractivity contribution >= 4 is 57.7 Å². The highest BCUT2D eigenvalue weighted by Crippen LogP contribution is 2.32. The fourth-order valence-electron chi connectivity index (χ4n) is 1.86. The Morgan fingerprint density at radius 3 is 2.61 bits per heavy atom. The van der Waals surface area contributed by atoms with E-state index in [1.807, 2.05) is 6.92 Å². The molecule has 0 saturated carbocycles. The van der Waals surface area contributed by atoms with Crippen LogP contribution in [-0.4, -0.2) is 35.7 Å². The van der Waals surface area contributed by atoms with Gasteiger partial charge in [0.1, 0.15) is 5.00 Å². The fourth-order valence-corrected chi connectivity index (χ4v) is 3.00. The van der Waals surface area contributed by atoms with Crippen molar-refractivity contribution in [1.82, 2.24) is 10.6 Å². The zero-order chi connectivity index (χ0) is 17.0. The van der Waals surface area contributed by atoms with Crippen molar-refractivity contribution in [2.24, 2.45) is 10.9 Å². The third kappa shape index (κ3) is 3.99. The van der Waals surface area contributed by atoms with Crippen LogP contribution in [0, 0.1) is 5.92 Å². The second-order valence-corrected chi connectivity index (χ2v) is 6.09. The van der Waals surface area contributed by atoms with E-state index in [-0.39, 0.29) is 11.7 Å².